The molecule has 0 spiro atoms. The number of amides is 1. The molecule has 1 aliphatic heterocycles. The minimum absolute atomic E-state index is 0.196. The molecule has 1 atom stereocenters. The summed E-state index contributed by atoms with van der Waals surface area (Å²) in [5, 5.41) is 18.2. The Morgan fingerprint density at radius 2 is 1.80 bits per heavy atom. The van der Waals surface area contributed by atoms with E-state index in [1.807, 2.05) is 12.1 Å². The SMILES string of the molecule is N#Cc1cccc(CN2CC[C@H](NS(=O)(=O)c3ccc4ccc5c(c4c3)CCCC5)C2=O)c1.O=C(O)C(F)(F)F. The summed E-state index contributed by atoms with van der Waals surface area (Å²) < 4.78 is 60.7. The molecular weight excluding hydrogens is 547 g/mol. The molecule has 1 amide bonds. The molecule has 0 unspecified atom stereocenters. The number of hydrogen-bond acceptors (Lipinski definition) is 5. The summed E-state index contributed by atoms with van der Waals surface area (Å²) in [6.45, 7) is 0.822. The number of nitrogens with zero attached hydrogens (tertiary/aromatic N) is 2. The molecule has 8 nitrogen and oxygen atoms in total. The van der Waals surface area contributed by atoms with E-state index in [9.17, 15) is 26.4 Å². The molecule has 1 aliphatic carbocycles. The zero-order valence-corrected chi connectivity index (χ0v) is 22.1. The first-order chi connectivity index (χ1) is 18.9. The third-order valence-corrected chi connectivity index (χ3v) is 8.37. The monoisotopic (exact) mass is 573 g/mol. The summed E-state index contributed by atoms with van der Waals surface area (Å²) >= 11 is 0. The molecule has 2 N–H and O–H groups in total. The zero-order valence-electron chi connectivity index (χ0n) is 21.2. The smallest absolute Gasteiger partial charge is 0.475 e. The molecule has 210 valence electrons. The number of likely N-dealkylation sites (tertiary alicyclic amines) is 1. The third-order valence-electron chi connectivity index (χ3n) is 6.90. The van der Waals surface area contributed by atoms with Crippen molar-refractivity contribution in [2.45, 2.75) is 55.8 Å². The lowest BCUT2D eigenvalue weighted by atomic mass is 9.88. The number of rotatable bonds is 5. The first kappa shape index (κ1) is 29.0. The minimum atomic E-state index is -5.08. The molecule has 1 fully saturated rings. The van der Waals surface area contributed by atoms with E-state index in [0.717, 1.165) is 35.6 Å². The van der Waals surface area contributed by atoms with E-state index in [0.29, 0.717) is 25.1 Å². The van der Waals surface area contributed by atoms with Crippen molar-refractivity contribution in [1.82, 2.24) is 9.62 Å². The van der Waals surface area contributed by atoms with Crippen LogP contribution >= 0.6 is 0 Å². The summed E-state index contributed by atoms with van der Waals surface area (Å²) in [6.07, 6.45) is -0.389. The van der Waals surface area contributed by atoms with Crippen molar-refractivity contribution in [2.24, 2.45) is 0 Å². The molecule has 1 heterocycles. The number of nitrogens with one attached hydrogen (secondary N) is 1. The van der Waals surface area contributed by atoms with Gasteiger partial charge in [0.2, 0.25) is 15.9 Å². The lowest BCUT2D eigenvalue weighted by Crippen LogP contribution is -2.41. The van der Waals surface area contributed by atoms with Crippen LogP contribution in [0.5, 0.6) is 0 Å². The lowest BCUT2D eigenvalue weighted by Gasteiger charge is -2.19. The number of carboxylic acids is 1. The molecular formula is C28H26F3N3O5S. The zero-order chi connectivity index (χ0) is 29.1. The van der Waals surface area contributed by atoms with Crippen LogP contribution in [0.25, 0.3) is 10.8 Å². The number of carbonyl (C=O) groups excluding carboxylic acids is 1. The number of carboxylic acid groups (broad SMARTS) is 1. The maximum Gasteiger partial charge on any atom is 0.490 e. The number of hydrogen-bond donors (Lipinski definition) is 2. The fraction of sp³-hybridized carbons (Fsp3) is 0.321. The number of nitriles is 1. The van der Waals surface area contributed by atoms with Crippen molar-refractivity contribution in [3.05, 3.63) is 76.9 Å². The van der Waals surface area contributed by atoms with Crippen LogP contribution in [0, 0.1) is 11.3 Å². The van der Waals surface area contributed by atoms with E-state index in [4.69, 9.17) is 15.2 Å². The average Bonchev–Trinajstić information content (AvgIpc) is 3.25. The van der Waals surface area contributed by atoms with Gasteiger partial charge in [0.05, 0.1) is 16.5 Å². The molecule has 0 radical (unpaired) electrons. The van der Waals surface area contributed by atoms with E-state index in [2.05, 4.69) is 22.9 Å². The Hall–Kier alpha value is -3.95. The van der Waals surface area contributed by atoms with E-state index < -0.39 is 28.2 Å². The molecule has 40 heavy (non-hydrogen) atoms. The van der Waals surface area contributed by atoms with Gasteiger partial charge in [-0.3, -0.25) is 4.79 Å². The van der Waals surface area contributed by atoms with Gasteiger partial charge >= 0.3 is 12.1 Å². The van der Waals surface area contributed by atoms with Gasteiger partial charge in [-0.1, -0.05) is 30.3 Å². The molecule has 12 heteroatoms. The predicted molar refractivity (Wildman–Crippen MR) is 140 cm³/mol. The number of alkyl halides is 3. The maximum atomic E-state index is 13.2. The summed E-state index contributed by atoms with van der Waals surface area (Å²) in [4.78, 5) is 23.6. The van der Waals surface area contributed by atoms with Crippen LogP contribution < -0.4 is 4.72 Å². The summed E-state index contributed by atoms with van der Waals surface area (Å²) in [7, 11) is -3.84. The van der Waals surface area contributed by atoms with E-state index in [1.165, 1.54) is 17.5 Å². The van der Waals surface area contributed by atoms with Gasteiger partial charge < -0.3 is 10.0 Å². The average molecular weight is 574 g/mol. The van der Waals surface area contributed by atoms with Crippen molar-refractivity contribution in [1.29, 1.82) is 5.26 Å². The van der Waals surface area contributed by atoms with Gasteiger partial charge in [-0.15, -0.1) is 0 Å². The molecule has 0 saturated carbocycles. The maximum absolute atomic E-state index is 13.2. The molecule has 0 aromatic heterocycles. The Bertz CT molecular complexity index is 1600. The van der Waals surface area contributed by atoms with Gasteiger partial charge in [0.1, 0.15) is 6.04 Å². The molecule has 3 aromatic rings. The van der Waals surface area contributed by atoms with Crippen molar-refractivity contribution in [2.75, 3.05) is 6.54 Å². The second-order valence-corrected chi connectivity index (χ2v) is 11.3. The van der Waals surface area contributed by atoms with Crippen LogP contribution in [0.15, 0.2) is 59.5 Å². The van der Waals surface area contributed by atoms with Gasteiger partial charge in [-0.05, 0) is 83.8 Å². The van der Waals surface area contributed by atoms with Crippen molar-refractivity contribution in [3.8, 4) is 6.07 Å². The standard InChI is InChI=1S/C26H25N3O3S.C2HF3O2/c27-16-18-4-3-5-19(14-18)17-29-13-12-25(26(29)30)28-33(31,32)22-11-10-21-9-8-20-6-1-2-7-23(20)24(21)15-22;3-2(4,5)1(6)7/h3-5,8-11,14-15,25,28H,1-2,6-7,12-13,17H2;(H,6,7)/t25-;/m0./s1. The fourth-order valence-electron chi connectivity index (χ4n) is 4.94. The Kier molecular flexibility index (Phi) is 8.46. The van der Waals surface area contributed by atoms with Crippen LogP contribution in [0.3, 0.4) is 0 Å². The van der Waals surface area contributed by atoms with Crippen molar-refractivity contribution in [3.63, 3.8) is 0 Å². The van der Waals surface area contributed by atoms with Gasteiger partial charge in [0, 0.05) is 13.1 Å². The van der Waals surface area contributed by atoms with E-state index >= 15 is 0 Å². The first-order valence-electron chi connectivity index (χ1n) is 12.5. The highest BCUT2D eigenvalue weighted by atomic mass is 32.2. The molecule has 1 saturated heterocycles. The third kappa shape index (κ3) is 6.60. The Labute approximate surface area is 229 Å². The Morgan fingerprint density at radius 3 is 2.50 bits per heavy atom. The number of aryl methyl sites for hydroxylation is 2. The molecule has 0 bridgehead atoms. The highest BCUT2D eigenvalue weighted by molar-refractivity contribution is 7.89. The van der Waals surface area contributed by atoms with Crippen LogP contribution in [-0.2, 0) is 39.0 Å². The Balaban J connectivity index is 0.000000470. The number of halogens is 3. The number of fused-ring (bicyclic) bond motifs is 3. The summed E-state index contributed by atoms with van der Waals surface area (Å²) in [5.74, 6) is -2.99. The number of sulfonamides is 1. The topological polar surface area (TPSA) is 128 Å². The van der Waals surface area contributed by atoms with Gasteiger partial charge in [0.15, 0.2) is 0 Å². The quantitative estimate of drug-likeness (QED) is 0.469. The molecule has 3 aromatic carbocycles. The normalized spacial score (nSPS) is 17.1. The number of carbonyl (C=O) groups is 2. The summed E-state index contributed by atoms with van der Waals surface area (Å²) in [5.41, 5.74) is 3.94. The van der Waals surface area contributed by atoms with E-state index in [1.54, 1.807) is 35.2 Å². The molecule has 5 rings (SSSR count). The largest absolute Gasteiger partial charge is 0.490 e. The first-order valence-corrected chi connectivity index (χ1v) is 14.0. The summed E-state index contributed by atoms with van der Waals surface area (Å²) in [6, 6.07) is 17.9. The minimum Gasteiger partial charge on any atom is -0.475 e. The van der Waals surface area contributed by atoms with Crippen LogP contribution in [0.1, 0.15) is 41.5 Å². The van der Waals surface area contributed by atoms with Gasteiger partial charge in [0.25, 0.3) is 0 Å². The van der Waals surface area contributed by atoms with Crippen LogP contribution in [-0.4, -0.2) is 49.1 Å². The highest BCUT2D eigenvalue weighted by Gasteiger charge is 2.38. The Morgan fingerprint density at radius 1 is 1.10 bits per heavy atom. The van der Waals surface area contributed by atoms with Crippen molar-refractivity contribution >= 4 is 32.7 Å². The fourth-order valence-corrected chi connectivity index (χ4v) is 6.19. The van der Waals surface area contributed by atoms with Crippen molar-refractivity contribution < 1.29 is 36.3 Å². The second-order valence-electron chi connectivity index (χ2n) is 9.63. The second kappa shape index (κ2) is 11.7. The predicted octanol–water partition coefficient (Wildman–Crippen LogP) is 4.30. The molecule has 2 aliphatic rings. The van der Waals surface area contributed by atoms with Gasteiger partial charge in [-0.2, -0.15) is 23.2 Å². The van der Waals surface area contributed by atoms with E-state index in [-0.39, 0.29) is 10.8 Å². The number of benzene rings is 3. The lowest BCUT2D eigenvalue weighted by molar-refractivity contribution is -0.192. The van der Waals surface area contributed by atoms with Crippen LogP contribution in [0.2, 0.25) is 0 Å². The number of aliphatic carboxylic acids is 1. The highest BCUT2D eigenvalue weighted by Crippen LogP contribution is 2.31. The van der Waals surface area contributed by atoms with Crippen LogP contribution in [0.4, 0.5) is 13.2 Å². The van der Waals surface area contributed by atoms with Gasteiger partial charge in [-0.25, -0.2) is 13.2 Å².